The zero-order valence-corrected chi connectivity index (χ0v) is 14.4. The molecule has 2 aromatic rings. The predicted octanol–water partition coefficient (Wildman–Crippen LogP) is 2.36. The number of nitrogens with one attached hydrogen (secondary N) is 1. The Morgan fingerprint density at radius 3 is 2.58 bits per heavy atom. The zero-order valence-electron chi connectivity index (χ0n) is 14.4. The maximum atomic E-state index is 13.0. The highest BCUT2D eigenvalue weighted by molar-refractivity contribution is 5.88. The fraction of sp³-hybridized carbons (Fsp3) is 0.474. The summed E-state index contributed by atoms with van der Waals surface area (Å²) in [5.74, 6) is 1.07. The Labute approximate surface area is 143 Å². The molecule has 1 aromatic carbocycles. The lowest BCUT2D eigenvalue weighted by molar-refractivity contribution is -0.130. The first-order chi connectivity index (χ1) is 11.6. The predicted molar refractivity (Wildman–Crippen MR) is 92.9 cm³/mol. The molecule has 5 nitrogen and oxygen atoms in total. The summed E-state index contributed by atoms with van der Waals surface area (Å²) in [6, 6.07) is 8.32. The molecule has 0 bridgehead atoms. The van der Waals surface area contributed by atoms with Crippen molar-refractivity contribution in [2.24, 2.45) is 0 Å². The van der Waals surface area contributed by atoms with Crippen LogP contribution in [0.25, 0.3) is 0 Å². The number of benzene rings is 1. The van der Waals surface area contributed by atoms with Crippen molar-refractivity contribution in [2.75, 3.05) is 19.8 Å². The molecular weight excluding hydrogens is 302 g/mol. The van der Waals surface area contributed by atoms with Crippen LogP contribution in [0.2, 0.25) is 0 Å². The molecule has 0 radical (unpaired) electrons. The van der Waals surface area contributed by atoms with Crippen LogP contribution in [0.4, 0.5) is 0 Å². The smallest absolute Gasteiger partial charge is 0.230 e. The number of carbonyl (C=O) groups excluding carboxylic acids is 1. The molecule has 3 rings (SSSR count). The molecule has 0 aliphatic carbocycles. The summed E-state index contributed by atoms with van der Waals surface area (Å²) in [5, 5.41) is 3.13. The van der Waals surface area contributed by atoms with E-state index in [-0.39, 0.29) is 5.91 Å². The van der Waals surface area contributed by atoms with Crippen LogP contribution in [-0.2, 0) is 21.5 Å². The standard InChI is InChI=1S/C19H25N3O2/c1-15-3-5-17(6-4-15)19(7-13-24-14-8-19)18(23)21-10-12-22-11-9-20-16(22)2/h3-6,9,11H,7-8,10,12-14H2,1-2H3,(H,21,23). The minimum absolute atomic E-state index is 0.104. The average Bonchev–Trinajstić information content (AvgIpc) is 3.01. The van der Waals surface area contributed by atoms with Crippen LogP contribution in [0.15, 0.2) is 36.7 Å². The second-order valence-corrected chi connectivity index (χ2v) is 6.48. The summed E-state index contributed by atoms with van der Waals surface area (Å²) in [6.45, 7) is 6.62. The largest absolute Gasteiger partial charge is 0.381 e. The van der Waals surface area contributed by atoms with Crippen LogP contribution >= 0.6 is 0 Å². The first-order valence-corrected chi connectivity index (χ1v) is 8.53. The van der Waals surface area contributed by atoms with E-state index in [0.717, 1.165) is 30.8 Å². The summed E-state index contributed by atoms with van der Waals surface area (Å²) in [6.07, 6.45) is 5.17. The first kappa shape index (κ1) is 16.7. The molecule has 1 aliphatic rings. The van der Waals surface area contributed by atoms with Crippen LogP contribution in [0.3, 0.4) is 0 Å². The Morgan fingerprint density at radius 2 is 1.96 bits per heavy atom. The van der Waals surface area contributed by atoms with Gasteiger partial charge in [-0.25, -0.2) is 4.98 Å². The molecule has 0 spiro atoms. The highest BCUT2D eigenvalue weighted by Gasteiger charge is 2.41. The third-order valence-electron chi connectivity index (χ3n) is 4.95. The van der Waals surface area contributed by atoms with E-state index in [2.05, 4.69) is 41.5 Å². The molecule has 1 fully saturated rings. The Hall–Kier alpha value is -2.14. The van der Waals surface area contributed by atoms with Gasteiger partial charge in [0.2, 0.25) is 5.91 Å². The molecule has 5 heteroatoms. The molecule has 0 atom stereocenters. The van der Waals surface area contributed by atoms with Crippen molar-refractivity contribution in [3.8, 4) is 0 Å². The van der Waals surface area contributed by atoms with Crippen LogP contribution in [0, 0.1) is 13.8 Å². The molecule has 1 aliphatic heterocycles. The minimum Gasteiger partial charge on any atom is -0.381 e. The Morgan fingerprint density at radius 1 is 1.25 bits per heavy atom. The van der Waals surface area contributed by atoms with Crippen molar-refractivity contribution in [3.05, 3.63) is 53.6 Å². The number of aromatic nitrogens is 2. The second-order valence-electron chi connectivity index (χ2n) is 6.48. The van der Waals surface area contributed by atoms with Crippen LogP contribution < -0.4 is 5.32 Å². The van der Waals surface area contributed by atoms with Gasteiger partial charge in [0.25, 0.3) is 0 Å². The van der Waals surface area contributed by atoms with Crippen molar-refractivity contribution in [3.63, 3.8) is 0 Å². The fourth-order valence-corrected chi connectivity index (χ4v) is 3.34. The zero-order chi connectivity index (χ0) is 17.0. The van der Waals surface area contributed by atoms with E-state index in [0.29, 0.717) is 19.8 Å². The van der Waals surface area contributed by atoms with Gasteiger partial charge in [-0.15, -0.1) is 0 Å². The Balaban J connectivity index is 1.72. The number of aryl methyl sites for hydroxylation is 2. The first-order valence-electron chi connectivity index (χ1n) is 8.53. The number of nitrogens with zero attached hydrogens (tertiary/aromatic N) is 2. The van der Waals surface area contributed by atoms with E-state index in [9.17, 15) is 4.79 Å². The normalized spacial score (nSPS) is 16.8. The van der Waals surface area contributed by atoms with Crippen LogP contribution in [0.5, 0.6) is 0 Å². The molecule has 1 saturated heterocycles. The van der Waals surface area contributed by atoms with E-state index < -0.39 is 5.41 Å². The molecule has 2 heterocycles. The fourth-order valence-electron chi connectivity index (χ4n) is 3.34. The number of rotatable bonds is 5. The molecule has 0 unspecified atom stereocenters. The van der Waals surface area contributed by atoms with Crippen molar-refractivity contribution in [1.29, 1.82) is 0 Å². The van der Waals surface area contributed by atoms with Gasteiger partial charge in [-0.1, -0.05) is 29.8 Å². The summed E-state index contributed by atoms with van der Waals surface area (Å²) in [7, 11) is 0. The highest BCUT2D eigenvalue weighted by atomic mass is 16.5. The lowest BCUT2D eigenvalue weighted by Gasteiger charge is -2.36. The monoisotopic (exact) mass is 327 g/mol. The summed E-state index contributed by atoms with van der Waals surface area (Å²) >= 11 is 0. The Bertz CT molecular complexity index is 685. The SMILES string of the molecule is Cc1ccc(C2(C(=O)NCCn3ccnc3C)CCOCC2)cc1. The molecule has 0 saturated carbocycles. The van der Waals surface area contributed by atoms with Gasteiger partial charge in [0.1, 0.15) is 5.82 Å². The number of hydrogen-bond acceptors (Lipinski definition) is 3. The maximum Gasteiger partial charge on any atom is 0.230 e. The maximum absolute atomic E-state index is 13.0. The minimum atomic E-state index is -0.476. The molecular formula is C19H25N3O2. The summed E-state index contributed by atoms with van der Waals surface area (Å²) < 4.78 is 7.55. The van der Waals surface area contributed by atoms with E-state index in [1.54, 1.807) is 6.20 Å². The number of imidazole rings is 1. The summed E-state index contributed by atoms with van der Waals surface area (Å²) in [5.41, 5.74) is 1.82. The van der Waals surface area contributed by atoms with Gasteiger partial charge in [-0.05, 0) is 32.3 Å². The number of carbonyl (C=O) groups is 1. The van der Waals surface area contributed by atoms with Crippen molar-refractivity contribution >= 4 is 5.91 Å². The quantitative estimate of drug-likeness (QED) is 0.917. The molecule has 24 heavy (non-hydrogen) atoms. The van der Waals surface area contributed by atoms with Gasteiger partial charge in [0.15, 0.2) is 0 Å². The van der Waals surface area contributed by atoms with Gasteiger partial charge in [0, 0.05) is 38.7 Å². The van der Waals surface area contributed by atoms with E-state index in [1.807, 2.05) is 17.7 Å². The number of amides is 1. The van der Waals surface area contributed by atoms with Crippen molar-refractivity contribution in [1.82, 2.24) is 14.9 Å². The number of ether oxygens (including phenoxy) is 1. The Kier molecular flexibility index (Phi) is 5.00. The number of hydrogen-bond donors (Lipinski definition) is 1. The van der Waals surface area contributed by atoms with E-state index in [4.69, 9.17) is 4.74 Å². The lowest BCUT2D eigenvalue weighted by Crippen LogP contribution is -2.48. The lowest BCUT2D eigenvalue weighted by atomic mass is 9.73. The highest BCUT2D eigenvalue weighted by Crippen LogP contribution is 2.35. The van der Waals surface area contributed by atoms with Crippen molar-refractivity contribution < 1.29 is 9.53 Å². The van der Waals surface area contributed by atoms with Crippen LogP contribution in [-0.4, -0.2) is 35.2 Å². The van der Waals surface area contributed by atoms with Crippen LogP contribution in [0.1, 0.15) is 29.8 Å². The topological polar surface area (TPSA) is 56.2 Å². The molecule has 128 valence electrons. The van der Waals surface area contributed by atoms with Crippen molar-refractivity contribution in [2.45, 2.75) is 38.6 Å². The van der Waals surface area contributed by atoms with Gasteiger partial charge < -0.3 is 14.6 Å². The van der Waals surface area contributed by atoms with Gasteiger partial charge in [-0.3, -0.25) is 4.79 Å². The third kappa shape index (κ3) is 3.36. The molecule has 1 N–H and O–H groups in total. The van der Waals surface area contributed by atoms with Gasteiger partial charge in [-0.2, -0.15) is 0 Å². The average molecular weight is 327 g/mol. The molecule has 1 amide bonds. The molecule has 1 aromatic heterocycles. The van der Waals surface area contributed by atoms with E-state index >= 15 is 0 Å². The second kappa shape index (κ2) is 7.18. The van der Waals surface area contributed by atoms with E-state index in [1.165, 1.54) is 5.56 Å². The third-order valence-corrected chi connectivity index (χ3v) is 4.95. The van der Waals surface area contributed by atoms with Gasteiger partial charge >= 0.3 is 0 Å². The summed E-state index contributed by atoms with van der Waals surface area (Å²) in [4.78, 5) is 17.2. The van der Waals surface area contributed by atoms with Gasteiger partial charge in [0.05, 0.1) is 5.41 Å².